The van der Waals surface area contributed by atoms with Crippen LogP contribution < -0.4 is 5.32 Å². The van der Waals surface area contributed by atoms with Crippen molar-refractivity contribution in [3.05, 3.63) is 46.8 Å². The highest BCUT2D eigenvalue weighted by molar-refractivity contribution is 9.10. The van der Waals surface area contributed by atoms with Gasteiger partial charge in [0.05, 0.1) is 23.3 Å². The number of halogens is 1. The molecule has 124 valence electrons. The fourth-order valence-electron chi connectivity index (χ4n) is 2.17. The van der Waals surface area contributed by atoms with Gasteiger partial charge in [-0.1, -0.05) is 23.9 Å². The maximum atomic E-state index is 12.1. The summed E-state index contributed by atoms with van der Waals surface area (Å²) in [6.07, 6.45) is 1.62. The second kappa shape index (κ2) is 7.23. The Morgan fingerprint density at radius 1 is 1.33 bits per heavy atom. The Kier molecular flexibility index (Phi) is 5.06. The number of para-hydroxylation sites is 1. The fourth-order valence-corrected chi connectivity index (χ4v) is 3.27. The Labute approximate surface area is 151 Å². The molecule has 6 nitrogen and oxygen atoms in total. The first kappa shape index (κ1) is 16.8. The molecule has 1 aromatic carbocycles. The predicted octanol–water partition coefficient (Wildman–Crippen LogP) is 3.88. The molecule has 3 rings (SSSR count). The monoisotopic (exact) mass is 406 g/mol. The molecule has 1 N–H and O–H groups in total. The number of benzene rings is 1. The third-order valence-electron chi connectivity index (χ3n) is 3.41. The van der Waals surface area contributed by atoms with Crippen LogP contribution in [0.1, 0.15) is 5.76 Å². The van der Waals surface area contributed by atoms with Gasteiger partial charge in [-0.25, -0.2) is 0 Å². The number of aryl methyl sites for hydroxylation is 1. The number of thioether (sulfide) groups is 1. The molecular formula is C16H15BrN4O2S. The first-order valence-electron chi connectivity index (χ1n) is 7.17. The molecule has 0 spiro atoms. The number of amides is 1. The second-order valence-electron chi connectivity index (χ2n) is 5.07. The van der Waals surface area contributed by atoms with Crippen molar-refractivity contribution in [2.24, 2.45) is 7.05 Å². The number of furan rings is 1. The van der Waals surface area contributed by atoms with Crippen molar-refractivity contribution in [2.45, 2.75) is 12.1 Å². The number of carbonyl (C=O) groups excluding carboxylic acids is 1. The number of nitrogens with zero attached hydrogens (tertiary/aromatic N) is 3. The molecule has 0 atom stereocenters. The van der Waals surface area contributed by atoms with Crippen LogP contribution in [0.4, 0.5) is 5.69 Å². The van der Waals surface area contributed by atoms with Crippen molar-refractivity contribution < 1.29 is 9.21 Å². The molecule has 2 aromatic heterocycles. The Balaban J connectivity index is 1.65. The van der Waals surface area contributed by atoms with Gasteiger partial charge in [0.15, 0.2) is 11.0 Å². The molecule has 24 heavy (non-hydrogen) atoms. The first-order chi connectivity index (χ1) is 11.6. The van der Waals surface area contributed by atoms with E-state index in [1.807, 2.05) is 48.9 Å². The standard InChI is InChI=1S/C16H15BrN4O2S/c1-10-11(7-8-23-10)15-19-20-16(21(15)2)24-9-14(22)18-13-6-4-3-5-12(13)17/h3-8H,9H2,1-2H3,(H,18,22). The molecule has 8 heteroatoms. The number of rotatable bonds is 5. The zero-order valence-corrected chi connectivity index (χ0v) is 15.5. The molecule has 0 bridgehead atoms. The topological polar surface area (TPSA) is 72.9 Å². The zero-order chi connectivity index (χ0) is 17.1. The van der Waals surface area contributed by atoms with E-state index < -0.39 is 0 Å². The maximum Gasteiger partial charge on any atom is 0.234 e. The minimum absolute atomic E-state index is 0.101. The summed E-state index contributed by atoms with van der Waals surface area (Å²) in [4.78, 5) is 12.1. The van der Waals surface area contributed by atoms with Crippen LogP contribution in [0.25, 0.3) is 11.4 Å². The minimum Gasteiger partial charge on any atom is -0.469 e. The van der Waals surface area contributed by atoms with E-state index in [2.05, 4.69) is 31.4 Å². The Hall–Kier alpha value is -2.06. The van der Waals surface area contributed by atoms with E-state index in [1.54, 1.807) is 6.26 Å². The normalized spacial score (nSPS) is 10.8. The van der Waals surface area contributed by atoms with Crippen LogP contribution in [0.15, 0.2) is 50.6 Å². The number of aromatic nitrogens is 3. The van der Waals surface area contributed by atoms with E-state index in [0.29, 0.717) is 5.16 Å². The van der Waals surface area contributed by atoms with Crippen molar-refractivity contribution in [1.29, 1.82) is 0 Å². The maximum absolute atomic E-state index is 12.1. The van der Waals surface area contributed by atoms with E-state index in [9.17, 15) is 4.79 Å². The molecule has 2 heterocycles. The lowest BCUT2D eigenvalue weighted by Gasteiger charge is -2.07. The van der Waals surface area contributed by atoms with Crippen LogP contribution in [0.5, 0.6) is 0 Å². The van der Waals surface area contributed by atoms with Crippen LogP contribution in [0.3, 0.4) is 0 Å². The van der Waals surface area contributed by atoms with Gasteiger partial charge in [-0.2, -0.15) is 0 Å². The van der Waals surface area contributed by atoms with Crippen molar-refractivity contribution in [1.82, 2.24) is 14.8 Å². The Morgan fingerprint density at radius 2 is 2.12 bits per heavy atom. The van der Waals surface area contributed by atoms with Gasteiger partial charge in [0.25, 0.3) is 0 Å². The van der Waals surface area contributed by atoms with E-state index in [1.165, 1.54) is 11.8 Å². The van der Waals surface area contributed by atoms with Gasteiger partial charge in [-0.3, -0.25) is 4.79 Å². The van der Waals surface area contributed by atoms with Gasteiger partial charge in [0.2, 0.25) is 5.91 Å². The Bertz CT molecular complexity index is 875. The third-order valence-corrected chi connectivity index (χ3v) is 5.13. The predicted molar refractivity (Wildman–Crippen MR) is 96.9 cm³/mol. The highest BCUT2D eigenvalue weighted by Gasteiger charge is 2.16. The smallest absolute Gasteiger partial charge is 0.234 e. The van der Waals surface area contributed by atoms with Gasteiger partial charge in [0, 0.05) is 11.5 Å². The molecule has 0 fully saturated rings. The second-order valence-corrected chi connectivity index (χ2v) is 6.87. The molecule has 0 saturated heterocycles. The summed E-state index contributed by atoms with van der Waals surface area (Å²) in [5, 5.41) is 11.9. The highest BCUT2D eigenvalue weighted by atomic mass is 79.9. The molecule has 0 aliphatic carbocycles. The van der Waals surface area contributed by atoms with Crippen LogP contribution in [0.2, 0.25) is 0 Å². The quantitative estimate of drug-likeness (QED) is 0.650. The summed E-state index contributed by atoms with van der Waals surface area (Å²) >= 11 is 4.74. The zero-order valence-electron chi connectivity index (χ0n) is 13.1. The SMILES string of the molecule is Cc1occc1-c1nnc(SCC(=O)Nc2ccccc2Br)n1C. The summed E-state index contributed by atoms with van der Waals surface area (Å²) < 4.78 is 8.00. The van der Waals surface area contributed by atoms with Crippen LogP contribution in [0, 0.1) is 6.92 Å². The number of carbonyl (C=O) groups is 1. The number of anilines is 1. The molecule has 0 aliphatic heterocycles. The molecule has 3 aromatic rings. The first-order valence-corrected chi connectivity index (χ1v) is 8.95. The summed E-state index contributed by atoms with van der Waals surface area (Å²) in [6, 6.07) is 9.34. The number of nitrogens with one attached hydrogen (secondary N) is 1. The summed E-state index contributed by atoms with van der Waals surface area (Å²) in [5.74, 6) is 1.65. The average Bonchev–Trinajstić information content (AvgIpc) is 3.13. The molecular weight excluding hydrogens is 392 g/mol. The molecule has 0 saturated carbocycles. The van der Waals surface area contributed by atoms with Crippen LogP contribution in [-0.4, -0.2) is 26.4 Å². The van der Waals surface area contributed by atoms with Gasteiger partial charge in [-0.05, 0) is 41.1 Å². The molecule has 0 unspecified atom stereocenters. The average molecular weight is 407 g/mol. The molecule has 0 radical (unpaired) electrons. The molecule has 1 amide bonds. The summed E-state index contributed by atoms with van der Waals surface area (Å²) in [5.41, 5.74) is 1.64. The van der Waals surface area contributed by atoms with E-state index >= 15 is 0 Å². The van der Waals surface area contributed by atoms with Crippen molar-refractivity contribution in [3.8, 4) is 11.4 Å². The lowest BCUT2D eigenvalue weighted by atomic mass is 10.2. The van der Waals surface area contributed by atoms with Crippen LogP contribution >= 0.6 is 27.7 Å². The van der Waals surface area contributed by atoms with E-state index in [0.717, 1.165) is 27.3 Å². The fraction of sp³-hybridized carbons (Fsp3) is 0.188. The molecule has 0 aliphatic rings. The summed E-state index contributed by atoms with van der Waals surface area (Å²) in [7, 11) is 1.87. The Morgan fingerprint density at radius 3 is 2.83 bits per heavy atom. The number of hydrogen-bond donors (Lipinski definition) is 1. The van der Waals surface area contributed by atoms with Gasteiger partial charge in [0.1, 0.15) is 5.76 Å². The van der Waals surface area contributed by atoms with Crippen molar-refractivity contribution in [3.63, 3.8) is 0 Å². The largest absolute Gasteiger partial charge is 0.469 e. The van der Waals surface area contributed by atoms with Crippen molar-refractivity contribution in [2.75, 3.05) is 11.1 Å². The number of hydrogen-bond acceptors (Lipinski definition) is 5. The van der Waals surface area contributed by atoms with Gasteiger partial charge in [-0.15, -0.1) is 10.2 Å². The highest BCUT2D eigenvalue weighted by Crippen LogP contribution is 2.26. The van der Waals surface area contributed by atoms with E-state index in [4.69, 9.17) is 4.42 Å². The lowest BCUT2D eigenvalue weighted by molar-refractivity contribution is -0.113. The van der Waals surface area contributed by atoms with Crippen LogP contribution in [-0.2, 0) is 11.8 Å². The van der Waals surface area contributed by atoms with Gasteiger partial charge < -0.3 is 14.3 Å². The van der Waals surface area contributed by atoms with Crippen molar-refractivity contribution >= 4 is 39.3 Å². The minimum atomic E-state index is -0.101. The third kappa shape index (κ3) is 3.54. The lowest BCUT2D eigenvalue weighted by Crippen LogP contribution is -2.14. The van der Waals surface area contributed by atoms with E-state index in [-0.39, 0.29) is 11.7 Å². The summed E-state index contributed by atoms with van der Waals surface area (Å²) in [6.45, 7) is 1.88. The van der Waals surface area contributed by atoms with Gasteiger partial charge >= 0.3 is 0 Å².